The fourth-order valence-corrected chi connectivity index (χ4v) is 4.49. The third-order valence-electron chi connectivity index (χ3n) is 5.96. The van der Waals surface area contributed by atoms with Crippen molar-refractivity contribution in [2.24, 2.45) is 5.92 Å². The minimum absolute atomic E-state index is 0.218. The predicted molar refractivity (Wildman–Crippen MR) is 103 cm³/mol. The number of hydrogen-bond donors (Lipinski definition) is 1. The largest absolute Gasteiger partial charge is 0.358 e. The second kappa shape index (κ2) is 6.42. The van der Waals surface area contributed by atoms with Crippen molar-refractivity contribution in [3.8, 4) is 0 Å². The molecule has 3 rings (SSSR count). The van der Waals surface area contributed by atoms with Gasteiger partial charge in [0, 0.05) is 11.1 Å². The molecule has 1 aliphatic rings. The summed E-state index contributed by atoms with van der Waals surface area (Å²) in [5, 5.41) is 1.04. The van der Waals surface area contributed by atoms with Gasteiger partial charge in [-0.15, -0.1) is 0 Å². The van der Waals surface area contributed by atoms with Crippen LogP contribution in [0.4, 0.5) is 4.39 Å². The first kappa shape index (κ1) is 17.3. The quantitative estimate of drug-likeness (QED) is 0.725. The minimum atomic E-state index is -0.218. The van der Waals surface area contributed by atoms with E-state index in [0.29, 0.717) is 5.92 Å². The summed E-state index contributed by atoms with van der Waals surface area (Å²) in [6, 6.07) is 0. The van der Waals surface area contributed by atoms with Crippen molar-refractivity contribution in [1.82, 2.24) is 4.98 Å². The van der Waals surface area contributed by atoms with E-state index in [0.717, 1.165) is 51.7 Å². The van der Waals surface area contributed by atoms with E-state index in [9.17, 15) is 0 Å². The highest BCUT2D eigenvalue weighted by Crippen LogP contribution is 2.43. The maximum absolute atomic E-state index is 15.4. The van der Waals surface area contributed by atoms with Crippen molar-refractivity contribution in [3.05, 3.63) is 34.8 Å². The summed E-state index contributed by atoms with van der Waals surface area (Å²) >= 11 is 0. The fourth-order valence-electron chi connectivity index (χ4n) is 4.49. The average molecular weight is 323 g/mol. The standard InChI is InChI=1S/C21H27BFN/c1-6-14-8-7-9-15(10-14)18-17-12(4)13(5)24-21(17)16(11(2)3)19(22)20(18)23/h14-15,24H,2,6-10H2,1,3-5H3. The zero-order valence-electron chi connectivity index (χ0n) is 15.4. The number of aromatic nitrogens is 1. The van der Waals surface area contributed by atoms with E-state index in [-0.39, 0.29) is 17.2 Å². The average Bonchev–Trinajstić information content (AvgIpc) is 2.83. The monoisotopic (exact) mass is 323 g/mol. The fraction of sp³-hybridized carbons (Fsp3) is 0.524. The van der Waals surface area contributed by atoms with E-state index in [1.54, 1.807) is 0 Å². The number of halogens is 1. The van der Waals surface area contributed by atoms with Crippen molar-refractivity contribution in [2.75, 3.05) is 0 Å². The highest BCUT2D eigenvalue weighted by atomic mass is 19.1. The molecule has 2 unspecified atom stereocenters. The molecule has 126 valence electrons. The SMILES string of the molecule is [B]c1c(F)c(C2CCCC(CC)C2)c2c(C)c(C)[nH]c2c1C(=C)C. The Bertz CT molecular complexity index is 802. The number of H-pyrrole nitrogens is 1. The number of fused-ring (bicyclic) bond motifs is 1. The number of nitrogens with one attached hydrogen (secondary N) is 1. The van der Waals surface area contributed by atoms with Gasteiger partial charge in [0.2, 0.25) is 0 Å². The van der Waals surface area contributed by atoms with Crippen molar-refractivity contribution in [1.29, 1.82) is 0 Å². The van der Waals surface area contributed by atoms with Crippen molar-refractivity contribution in [3.63, 3.8) is 0 Å². The zero-order chi connectivity index (χ0) is 17.6. The van der Waals surface area contributed by atoms with Gasteiger partial charge >= 0.3 is 0 Å². The van der Waals surface area contributed by atoms with Crippen LogP contribution >= 0.6 is 0 Å². The normalized spacial score (nSPS) is 21.4. The minimum Gasteiger partial charge on any atom is -0.358 e. The molecule has 1 aromatic carbocycles. The van der Waals surface area contributed by atoms with Gasteiger partial charge in [-0.1, -0.05) is 38.2 Å². The molecule has 1 saturated carbocycles. The summed E-state index contributed by atoms with van der Waals surface area (Å²) in [6.45, 7) is 12.3. The first-order valence-corrected chi connectivity index (χ1v) is 9.12. The Labute approximate surface area is 146 Å². The third kappa shape index (κ3) is 2.62. The molecule has 1 aromatic heterocycles. The molecule has 0 amide bonds. The molecule has 0 aliphatic heterocycles. The van der Waals surface area contributed by atoms with Crippen LogP contribution in [0.15, 0.2) is 6.58 Å². The van der Waals surface area contributed by atoms with Gasteiger partial charge in [-0.05, 0) is 67.7 Å². The molecule has 0 bridgehead atoms. The lowest BCUT2D eigenvalue weighted by Gasteiger charge is -2.30. The first-order valence-electron chi connectivity index (χ1n) is 9.12. The van der Waals surface area contributed by atoms with Crippen LogP contribution in [0.3, 0.4) is 0 Å². The van der Waals surface area contributed by atoms with Crippen LogP contribution in [0, 0.1) is 25.6 Å². The van der Waals surface area contributed by atoms with Gasteiger partial charge in [0.1, 0.15) is 13.7 Å². The Morgan fingerprint density at radius 3 is 2.67 bits per heavy atom. The molecule has 1 N–H and O–H groups in total. The lowest BCUT2D eigenvalue weighted by atomic mass is 9.73. The molecule has 0 saturated heterocycles. The summed E-state index contributed by atoms with van der Waals surface area (Å²) in [5.41, 5.74) is 5.83. The van der Waals surface area contributed by atoms with Gasteiger partial charge in [-0.2, -0.15) is 0 Å². The van der Waals surface area contributed by atoms with Gasteiger partial charge in [0.05, 0.1) is 5.52 Å². The number of rotatable bonds is 3. The number of aromatic amines is 1. The molecule has 2 radical (unpaired) electrons. The zero-order valence-corrected chi connectivity index (χ0v) is 15.4. The number of allylic oxidation sites excluding steroid dienone is 1. The molecule has 1 heterocycles. The van der Waals surface area contributed by atoms with Crippen LogP contribution in [0.5, 0.6) is 0 Å². The van der Waals surface area contributed by atoms with E-state index in [2.05, 4.69) is 25.4 Å². The molecular weight excluding hydrogens is 296 g/mol. The second-order valence-corrected chi connectivity index (χ2v) is 7.56. The van der Waals surface area contributed by atoms with Crippen LogP contribution in [-0.2, 0) is 0 Å². The summed E-state index contributed by atoms with van der Waals surface area (Å²) in [4.78, 5) is 3.44. The second-order valence-electron chi connectivity index (χ2n) is 7.56. The molecular formula is C21H27BFN. The molecule has 2 atom stereocenters. The van der Waals surface area contributed by atoms with Crippen molar-refractivity contribution in [2.45, 2.75) is 65.7 Å². The Morgan fingerprint density at radius 1 is 1.33 bits per heavy atom. The van der Waals surface area contributed by atoms with Gasteiger partial charge < -0.3 is 4.98 Å². The van der Waals surface area contributed by atoms with Gasteiger partial charge in [-0.25, -0.2) is 4.39 Å². The van der Waals surface area contributed by atoms with E-state index in [1.807, 2.05) is 13.8 Å². The van der Waals surface area contributed by atoms with Gasteiger partial charge in [0.15, 0.2) is 0 Å². The lowest BCUT2D eigenvalue weighted by molar-refractivity contribution is 0.311. The van der Waals surface area contributed by atoms with Crippen LogP contribution in [-0.4, -0.2) is 12.8 Å². The molecule has 1 aliphatic carbocycles. The van der Waals surface area contributed by atoms with Crippen molar-refractivity contribution < 1.29 is 4.39 Å². The summed E-state index contributed by atoms with van der Waals surface area (Å²) in [5.74, 6) is 0.742. The lowest BCUT2D eigenvalue weighted by Crippen LogP contribution is -2.22. The first-order chi connectivity index (χ1) is 11.4. The van der Waals surface area contributed by atoms with Gasteiger partial charge in [-0.3, -0.25) is 0 Å². The third-order valence-corrected chi connectivity index (χ3v) is 5.96. The maximum Gasteiger partial charge on any atom is 0.121 e. The molecule has 3 heteroatoms. The molecule has 1 nitrogen and oxygen atoms in total. The topological polar surface area (TPSA) is 15.8 Å². The van der Waals surface area contributed by atoms with E-state index >= 15 is 4.39 Å². The predicted octanol–water partition coefficient (Wildman–Crippen LogP) is 5.43. The number of benzene rings is 1. The molecule has 24 heavy (non-hydrogen) atoms. The Balaban J connectivity index is 2.30. The highest BCUT2D eigenvalue weighted by molar-refractivity contribution is 6.36. The number of hydrogen-bond acceptors (Lipinski definition) is 0. The van der Waals surface area contributed by atoms with Crippen LogP contribution in [0.2, 0.25) is 0 Å². The Kier molecular flexibility index (Phi) is 4.64. The van der Waals surface area contributed by atoms with E-state index in [4.69, 9.17) is 7.85 Å². The Morgan fingerprint density at radius 2 is 2.04 bits per heavy atom. The van der Waals surface area contributed by atoms with Crippen LogP contribution in [0.1, 0.15) is 74.3 Å². The maximum atomic E-state index is 15.4. The van der Waals surface area contributed by atoms with E-state index < -0.39 is 0 Å². The highest BCUT2D eigenvalue weighted by Gasteiger charge is 2.29. The van der Waals surface area contributed by atoms with E-state index in [1.165, 1.54) is 19.3 Å². The molecule has 2 aromatic rings. The van der Waals surface area contributed by atoms with Crippen LogP contribution < -0.4 is 5.46 Å². The molecule has 0 spiro atoms. The summed E-state index contributed by atoms with van der Waals surface area (Å²) in [6.07, 6.45) is 5.73. The summed E-state index contributed by atoms with van der Waals surface area (Å²) in [7, 11) is 6.23. The summed E-state index contributed by atoms with van der Waals surface area (Å²) < 4.78 is 15.4. The Hall–Kier alpha value is -1.51. The van der Waals surface area contributed by atoms with Crippen LogP contribution in [0.25, 0.3) is 16.5 Å². The van der Waals surface area contributed by atoms with Crippen molar-refractivity contribution >= 4 is 29.8 Å². The molecule has 1 fully saturated rings. The van der Waals surface area contributed by atoms with Gasteiger partial charge in [0.25, 0.3) is 0 Å². The number of aryl methyl sites for hydroxylation is 2. The smallest absolute Gasteiger partial charge is 0.121 e.